The van der Waals surface area contributed by atoms with Crippen LogP contribution in [0.5, 0.6) is 0 Å². The van der Waals surface area contributed by atoms with Crippen LogP contribution in [0.4, 0.5) is 5.69 Å². The maximum Gasteiger partial charge on any atom is 0.224 e. The third kappa shape index (κ3) is 5.57. The summed E-state index contributed by atoms with van der Waals surface area (Å²) in [5.41, 5.74) is 7.39. The second kappa shape index (κ2) is 8.26. The number of carbonyl (C=O) groups is 1. The highest BCUT2D eigenvalue weighted by Crippen LogP contribution is 2.11. The molecule has 1 saturated heterocycles. The van der Waals surface area contributed by atoms with E-state index in [4.69, 9.17) is 5.73 Å². The zero-order chi connectivity index (χ0) is 15.1. The van der Waals surface area contributed by atoms with E-state index in [9.17, 15) is 9.00 Å². The molecular weight excluding hydrogens is 286 g/mol. The van der Waals surface area contributed by atoms with Gasteiger partial charge in [-0.3, -0.25) is 9.00 Å². The molecule has 1 amide bonds. The van der Waals surface area contributed by atoms with E-state index in [0.29, 0.717) is 13.0 Å². The molecule has 0 atom stereocenters. The molecule has 1 aliphatic rings. The number of nitrogens with two attached hydrogens (primary N) is 1. The van der Waals surface area contributed by atoms with E-state index in [1.165, 1.54) is 0 Å². The molecule has 1 aliphatic heterocycles. The molecule has 2 rings (SSSR count). The van der Waals surface area contributed by atoms with Crippen molar-refractivity contribution in [3.05, 3.63) is 29.8 Å². The third-order valence-corrected chi connectivity index (χ3v) is 4.87. The summed E-state index contributed by atoms with van der Waals surface area (Å²) in [5.74, 6) is 1.56. The summed E-state index contributed by atoms with van der Waals surface area (Å²) < 4.78 is 11.3. The van der Waals surface area contributed by atoms with E-state index in [1.54, 1.807) is 0 Å². The number of hydrogen-bond donors (Lipinski definition) is 2. The lowest BCUT2D eigenvalue weighted by molar-refractivity contribution is -0.116. The van der Waals surface area contributed by atoms with Crippen molar-refractivity contribution in [3.63, 3.8) is 0 Å². The quantitative estimate of drug-likeness (QED) is 0.819. The van der Waals surface area contributed by atoms with Crippen LogP contribution in [0.1, 0.15) is 18.4 Å². The van der Waals surface area contributed by atoms with Crippen LogP contribution in [0.2, 0.25) is 0 Å². The summed E-state index contributed by atoms with van der Waals surface area (Å²) in [6.07, 6.45) is 1.33. The van der Waals surface area contributed by atoms with E-state index in [1.807, 2.05) is 24.3 Å². The Balaban J connectivity index is 1.68. The summed E-state index contributed by atoms with van der Waals surface area (Å²) in [5, 5.41) is 2.90. The van der Waals surface area contributed by atoms with Gasteiger partial charge in [-0.25, -0.2) is 0 Å². The molecule has 5 nitrogen and oxygen atoms in total. The van der Waals surface area contributed by atoms with Crippen molar-refractivity contribution in [2.45, 2.75) is 19.4 Å². The molecule has 0 spiro atoms. The second-order valence-electron chi connectivity index (χ2n) is 5.25. The number of benzene rings is 1. The van der Waals surface area contributed by atoms with Gasteiger partial charge in [-0.15, -0.1) is 0 Å². The van der Waals surface area contributed by atoms with Crippen molar-refractivity contribution < 1.29 is 9.00 Å². The van der Waals surface area contributed by atoms with Crippen molar-refractivity contribution in [1.82, 2.24) is 4.90 Å². The Morgan fingerprint density at radius 2 is 2.10 bits per heavy atom. The van der Waals surface area contributed by atoms with Gasteiger partial charge in [-0.1, -0.05) is 12.1 Å². The molecule has 6 heteroatoms. The van der Waals surface area contributed by atoms with E-state index in [0.717, 1.165) is 48.8 Å². The Hall–Kier alpha value is -1.24. The van der Waals surface area contributed by atoms with Crippen LogP contribution in [-0.4, -0.2) is 46.2 Å². The fourth-order valence-electron chi connectivity index (χ4n) is 2.36. The van der Waals surface area contributed by atoms with E-state index < -0.39 is 10.8 Å². The van der Waals surface area contributed by atoms with Gasteiger partial charge in [-0.2, -0.15) is 0 Å². The molecule has 21 heavy (non-hydrogen) atoms. The Bertz CT molecular complexity index is 497. The SMILES string of the molecule is NCc1cccc(NC(=O)CCCN2CCS(=O)CC2)c1. The van der Waals surface area contributed by atoms with Gasteiger partial charge in [0, 0.05) is 54.0 Å². The number of carbonyl (C=O) groups excluding carboxylic acids is 1. The Morgan fingerprint density at radius 3 is 2.81 bits per heavy atom. The van der Waals surface area contributed by atoms with Gasteiger partial charge in [-0.05, 0) is 30.7 Å². The molecule has 0 bridgehead atoms. The number of anilines is 1. The summed E-state index contributed by atoms with van der Waals surface area (Å²) in [6, 6.07) is 7.61. The standard InChI is InChI=1S/C15H23N3O2S/c16-12-13-3-1-4-14(11-13)17-15(19)5-2-6-18-7-9-21(20)10-8-18/h1,3-4,11H,2,5-10,12,16H2,(H,17,19). The molecule has 0 aliphatic carbocycles. The normalized spacial score (nSPS) is 16.8. The van der Waals surface area contributed by atoms with Crippen LogP contribution in [0.3, 0.4) is 0 Å². The predicted molar refractivity (Wildman–Crippen MR) is 86.5 cm³/mol. The minimum atomic E-state index is -0.636. The first kappa shape index (κ1) is 16.1. The van der Waals surface area contributed by atoms with E-state index in [-0.39, 0.29) is 5.91 Å². The Kier molecular flexibility index (Phi) is 6.35. The topological polar surface area (TPSA) is 75.4 Å². The average Bonchev–Trinajstić information content (AvgIpc) is 2.49. The van der Waals surface area contributed by atoms with Crippen molar-refractivity contribution >= 4 is 22.4 Å². The fraction of sp³-hybridized carbons (Fsp3) is 0.533. The molecule has 3 N–H and O–H groups in total. The second-order valence-corrected chi connectivity index (χ2v) is 6.94. The molecule has 0 saturated carbocycles. The van der Waals surface area contributed by atoms with E-state index >= 15 is 0 Å². The molecule has 1 aromatic rings. The summed E-state index contributed by atoms with van der Waals surface area (Å²) in [6.45, 7) is 3.13. The first-order valence-corrected chi connectivity index (χ1v) is 8.82. The summed E-state index contributed by atoms with van der Waals surface area (Å²) in [4.78, 5) is 14.2. The highest BCUT2D eigenvalue weighted by molar-refractivity contribution is 7.85. The number of rotatable bonds is 6. The van der Waals surface area contributed by atoms with Crippen molar-refractivity contribution in [3.8, 4) is 0 Å². The lowest BCUT2D eigenvalue weighted by Crippen LogP contribution is -2.38. The minimum Gasteiger partial charge on any atom is -0.326 e. The molecule has 0 radical (unpaired) electrons. The lowest BCUT2D eigenvalue weighted by atomic mass is 10.2. The van der Waals surface area contributed by atoms with Crippen molar-refractivity contribution in [2.24, 2.45) is 5.73 Å². The lowest BCUT2D eigenvalue weighted by Gasteiger charge is -2.25. The maximum atomic E-state index is 11.9. The van der Waals surface area contributed by atoms with Gasteiger partial charge in [0.1, 0.15) is 0 Å². The highest BCUT2D eigenvalue weighted by Gasteiger charge is 2.14. The summed E-state index contributed by atoms with van der Waals surface area (Å²) in [7, 11) is -0.636. The first-order valence-electron chi connectivity index (χ1n) is 7.33. The largest absolute Gasteiger partial charge is 0.326 e. The monoisotopic (exact) mass is 309 g/mol. The molecule has 1 aromatic carbocycles. The van der Waals surface area contributed by atoms with Crippen LogP contribution in [-0.2, 0) is 22.1 Å². The van der Waals surface area contributed by atoms with Crippen LogP contribution >= 0.6 is 0 Å². The van der Waals surface area contributed by atoms with Crippen molar-refractivity contribution in [2.75, 3.05) is 36.5 Å². The first-order chi connectivity index (χ1) is 10.2. The van der Waals surface area contributed by atoms with Gasteiger partial charge >= 0.3 is 0 Å². The van der Waals surface area contributed by atoms with Crippen LogP contribution in [0, 0.1) is 0 Å². The molecule has 116 valence electrons. The predicted octanol–water partition coefficient (Wildman–Crippen LogP) is 0.928. The Labute approximate surface area is 128 Å². The number of nitrogens with one attached hydrogen (secondary N) is 1. The van der Waals surface area contributed by atoms with Gasteiger partial charge in [0.2, 0.25) is 5.91 Å². The van der Waals surface area contributed by atoms with Gasteiger partial charge < -0.3 is 16.0 Å². The highest BCUT2D eigenvalue weighted by atomic mass is 32.2. The van der Waals surface area contributed by atoms with Crippen molar-refractivity contribution in [1.29, 1.82) is 0 Å². The fourth-order valence-corrected chi connectivity index (χ4v) is 3.49. The molecule has 1 heterocycles. The number of nitrogens with zero attached hydrogens (tertiary/aromatic N) is 1. The summed E-state index contributed by atoms with van der Waals surface area (Å²) >= 11 is 0. The average molecular weight is 309 g/mol. The third-order valence-electron chi connectivity index (χ3n) is 3.59. The van der Waals surface area contributed by atoms with E-state index in [2.05, 4.69) is 10.2 Å². The minimum absolute atomic E-state index is 0.0322. The van der Waals surface area contributed by atoms with Crippen LogP contribution in [0.15, 0.2) is 24.3 Å². The van der Waals surface area contributed by atoms with Crippen LogP contribution in [0.25, 0.3) is 0 Å². The Morgan fingerprint density at radius 1 is 1.33 bits per heavy atom. The van der Waals surface area contributed by atoms with Gasteiger partial charge in [0.15, 0.2) is 0 Å². The van der Waals surface area contributed by atoms with Gasteiger partial charge in [0.25, 0.3) is 0 Å². The number of amides is 1. The molecule has 1 fully saturated rings. The zero-order valence-electron chi connectivity index (χ0n) is 12.2. The molecular formula is C15H23N3O2S. The molecule has 0 aromatic heterocycles. The maximum absolute atomic E-state index is 11.9. The zero-order valence-corrected chi connectivity index (χ0v) is 13.0. The molecule has 0 unspecified atom stereocenters. The smallest absolute Gasteiger partial charge is 0.224 e. The van der Waals surface area contributed by atoms with Crippen LogP contribution < -0.4 is 11.1 Å². The van der Waals surface area contributed by atoms with Gasteiger partial charge in [0.05, 0.1) is 0 Å². The number of hydrogen-bond acceptors (Lipinski definition) is 4.